The van der Waals surface area contributed by atoms with Gasteiger partial charge in [-0.05, 0) is 82.7 Å². The summed E-state index contributed by atoms with van der Waals surface area (Å²) in [5.41, 5.74) is 9.04. The fourth-order valence-corrected chi connectivity index (χ4v) is 6.21. The number of benzene rings is 1. The van der Waals surface area contributed by atoms with E-state index in [1.54, 1.807) is 0 Å². The van der Waals surface area contributed by atoms with Crippen molar-refractivity contribution in [3.63, 3.8) is 0 Å². The topological polar surface area (TPSA) is 118 Å². The molecule has 2 amide bonds. The van der Waals surface area contributed by atoms with Crippen LogP contribution in [0, 0.1) is 26.2 Å². The first-order valence-electron chi connectivity index (χ1n) is 13.2. The zero-order chi connectivity index (χ0) is 28.4. The molecular formula is C29H41BrN4O4. The number of aromatic amines is 1. The number of hydrogen-bond acceptors (Lipinski definition) is 5. The highest BCUT2D eigenvalue weighted by Gasteiger charge is 2.48. The van der Waals surface area contributed by atoms with Gasteiger partial charge in [-0.1, -0.05) is 36.7 Å². The van der Waals surface area contributed by atoms with Crippen LogP contribution < -0.4 is 21.5 Å². The lowest BCUT2D eigenvalue weighted by molar-refractivity contribution is -0.0917. The second kappa shape index (κ2) is 11.5. The number of carbonyl (C=O) groups is 2. The molecule has 2 aromatic rings. The average molecular weight is 590 g/mol. The Morgan fingerprint density at radius 1 is 1.18 bits per heavy atom. The predicted octanol–water partition coefficient (Wildman–Crippen LogP) is 5.64. The Hall–Kier alpha value is -2.81. The molecular weight excluding hydrogens is 548 g/mol. The SMILES string of the molecule is CCN(c1cc(Br)cc(C(=O)NCc2c(C)cc(C)[nH]c2=O)c1C)[C@H]1CC[C@@](OC(N)=O)(C(C)(C)C)CC1. The Morgan fingerprint density at radius 2 is 1.82 bits per heavy atom. The molecule has 9 heteroatoms. The van der Waals surface area contributed by atoms with Crippen molar-refractivity contribution in [3.05, 3.63) is 61.0 Å². The molecule has 1 heterocycles. The Labute approximate surface area is 233 Å². The molecule has 0 unspecified atom stereocenters. The molecule has 38 heavy (non-hydrogen) atoms. The Bertz CT molecular complexity index is 1260. The lowest BCUT2D eigenvalue weighted by atomic mass is 9.67. The molecule has 1 fully saturated rings. The van der Waals surface area contributed by atoms with Gasteiger partial charge in [-0.3, -0.25) is 9.59 Å². The highest BCUT2D eigenvalue weighted by molar-refractivity contribution is 9.10. The maximum Gasteiger partial charge on any atom is 0.405 e. The van der Waals surface area contributed by atoms with Gasteiger partial charge in [0.05, 0.1) is 0 Å². The van der Waals surface area contributed by atoms with Crippen molar-refractivity contribution in [1.29, 1.82) is 0 Å². The number of aromatic nitrogens is 1. The number of rotatable bonds is 7. The number of anilines is 1. The minimum atomic E-state index is -0.730. The van der Waals surface area contributed by atoms with Crippen LogP contribution in [0.2, 0.25) is 0 Å². The highest BCUT2D eigenvalue weighted by Crippen LogP contribution is 2.46. The summed E-state index contributed by atoms with van der Waals surface area (Å²) in [6.45, 7) is 15.0. The van der Waals surface area contributed by atoms with E-state index in [4.69, 9.17) is 10.5 Å². The summed E-state index contributed by atoms with van der Waals surface area (Å²) in [4.78, 5) is 42.6. The van der Waals surface area contributed by atoms with Crippen molar-refractivity contribution in [2.24, 2.45) is 11.1 Å². The van der Waals surface area contributed by atoms with Crippen molar-refractivity contribution in [2.75, 3.05) is 11.4 Å². The summed E-state index contributed by atoms with van der Waals surface area (Å²) in [5, 5.41) is 2.94. The maximum atomic E-state index is 13.3. The predicted molar refractivity (Wildman–Crippen MR) is 155 cm³/mol. The van der Waals surface area contributed by atoms with Crippen molar-refractivity contribution in [1.82, 2.24) is 10.3 Å². The number of nitrogens with zero attached hydrogens (tertiary/aromatic N) is 1. The van der Waals surface area contributed by atoms with E-state index in [0.29, 0.717) is 24.0 Å². The Balaban J connectivity index is 1.84. The van der Waals surface area contributed by atoms with Gasteiger partial charge >= 0.3 is 6.09 Å². The van der Waals surface area contributed by atoms with Crippen LogP contribution in [0.4, 0.5) is 10.5 Å². The fourth-order valence-electron chi connectivity index (χ4n) is 5.77. The van der Waals surface area contributed by atoms with Gasteiger partial charge in [0.1, 0.15) is 5.60 Å². The molecule has 0 radical (unpaired) electrons. The molecule has 0 spiro atoms. The van der Waals surface area contributed by atoms with Crippen LogP contribution >= 0.6 is 15.9 Å². The number of ether oxygens (including phenoxy) is 1. The summed E-state index contributed by atoms with van der Waals surface area (Å²) in [5.74, 6) is -0.231. The number of nitrogens with two attached hydrogens (primary N) is 1. The first-order valence-corrected chi connectivity index (χ1v) is 14.0. The summed E-state index contributed by atoms with van der Waals surface area (Å²) < 4.78 is 6.53. The Morgan fingerprint density at radius 3 is 2.34 bits per heavy atom. The fraction of sp³-hybridized carbons (Fsp3) is 0.552. The monoisotopic (exact) mass is 588 g/mol. The van der Waals surface area contributed by atoms with E-state index < -0.39 is 11.7 Å². The molecule has 4 N–H and O–H groups in total. The van der Waals surface area contributed by atoms with Gasteiger partial charge in [0.2, 0.25) is 0 Å². The molecule has 1 saturated carbocycles. The van der Waals surface area contributed by atoms with Crippen molar-refractivity contribution < 1.29 is 14.3 Å². The number of H-pyrrole nitrogens is 1. The molecule has 208 valence electrons. The van der Waals surface area contributed by atoms with E-state index in [9.17, 15) is 14.4 Å². The largest absolute Gasteiger partial charge is 0.443 e. The van der Waals surface area contributed by atoms with Crippen LogP contribution in [0.3, 0.4) is 0 Å². The molecule has 3 rings (SSSR count). The van der Waals surface area contributed by atoms with Crippen LogP contribution in [0.5, 0.6) is 0 Å². The number of halogens is 1. The van der Waals surface area contributed by atoms with E-state index in [0.717, 1.165) is 46.4 Å². The van der Waals surface area contributed by atoms with Gasteiger partial charge in [0.15, 0.2) is 0 Å². The van der Waals surface area contributed by atoms with E-state index >= 15 is 0 Å². The normalized spacial score (nSPS) is 19.6. The summed E-state index contributed by atoms with van der Waals surface area (Å²) in [6, 6.07) is 6.00. The molecule has 0 saturated heterocycles. The smallest absolute Gasteiger partial charge is 0.405 e. The first kappa shape index (κ1) is 29.7. The average Bonchev–Trinajstić information content (AvgIpc) is 2.80. The van der Waals surface area contributed by atoms with Crippen LogP contribution in [-0.2, 0) is 11.3 Å². The second-order valence-electron chi connectivity index (χ2n) is 11.4. The standard InChI is InChI=1S/C29H41BrN4O4/c1-8-34(21-9-11-29(12-10-21,28(5,6)7)38-27(31)37)24-15-20(30)14-22(19(24)4)25(35)32-16-23-17(2)13-18(3)33-26(23)36/h13-15,21H,8-12,16H2,1-7H3,(H2,31,37)(H,32,35)(H,33,36)/t21-,29-. The number of nitrogens with one attached hydrogen (secondary N) is 2. The summed E-state index contributed by atoms with van der Waals surface area (Å²) >= 11 is 3.60. The van der Waals surface area contributed by atoms with Gasteiger partial charge in [0, 0.05) is 51.5 Å². The van der Waals surface area contributed by atoms with Gasteiger partial charge in [0.25, 0.3) is 11.5 Å². The minimum Gasteiger partial charge on any atom is -0.443 e. The van der Waals surface area contributed by atoms with Crippen molar-refractivity contribution in [3.8, 4) is 0 Å². The molecule has 1 aliphatic carbocycles. The molecule has 1 aromatic carbocycles. The molecule has 1 aromatic heterocycles. The highest BCUT2D eigenvalue weighted by atomic mass is 79.9. The van der Waals surface area contributed by atoms with Gasteiger partial charge in [-0.2, -0.15) is 0 Å². The van der Waals surface area contributed by atoms with E-state index in [1.165, 1.54) is 0 Å². The number of pyridine rings is 1. The van der Waals surface area contributed by atoms with Gasteiger partial charge in [-0.15, -0.1) is 0 Å². The van der Waals surface area contributed by atoms with E-state index in [1.807, 2.05) is 32.9 Å². The zero-order valence-corrected chi connectivity index (χ0v) is 25.2. The van der Waals surface area contributed by atoms with Gasteiger partial charge < -0.3 is 25.7 Å². The summed E-state index contributed by atoms with van der Waals surface area (Å²) in [6.07, 6.45) is 2.37. The van der Waals surface area contributed by atoms with Crippen LogP contribution in [0.15, 0.2) is 27.5 Å². The molecule has 8 nitrogen and oxygen atoms in total. The zero-order valence-electron chi connectivity index (χ0n) is 23.6. The van der Waals surface area contributed by atoms with Gasteiger partial charge in [-0.25, -0.2) is 4.79 Å². The number of primary amides is 1. The third-order valence-corrected chi connectivity index (χ3v) is 8.48. The summed E-state index contributed by atoms with van der Waals surface area (Å²) in [7, 11) is 0. The lowest BCUT2D eigenvalue weighted by Crippen LogP contribution is -2.53. The number of hydrogen-bond donors (Lipinski definition) is 3. The lowest BCUT2D eigenvalue weighted by Gasteiger charge is -2.49. The second-order valence-corrected chi connectivity index (χ2v) is 12.3. The minimum absolute atomic E-state index is 0.149. The molecule has 0 bridgehead atoms. The van der Waals surface area contributed by atoms with E-state index in [-0.39, 0.29) is 29.5 Å². The van der Waals surface area contributed by atoms with Crippen LogP contribution in [0.25, 0.3) is 0 Å². The van der Waals surface area contributed by atoms with Crippen molar-refractivity contribution >= 4 is 33.6 Å². The van der Waals surface area contributed by atoms with Crippen LogP contribution in [-0.4, -0.2) is 35.2 Å². The van der Waals surface area contributed by atoms with Crippen LogP contribution in [0.1, 0.15) is 86.1 Å². The number of amides is 2. The van der Waals surface area contributed by atoms with Crippen molar-refractivity contribution in [2.45, 2.75) is 92.3 Å². The Kier molecular flexibility index (Phi) is 9.01. The maximum absolute atomic E-state index is 13.3. The quantitative estimate of drug-likeness (QED) is 0.386. The molecule has 0 atom stereocenters. The molecule has 0 aliphatic heterocycles. The third-order valence-electron chi connectivity index (χ3n) is 8.03. The number of aryl methyl sites for hydroxylation is 2. The first-order chi connectivity index (χ1) is 17.7. The molecule has 1 aliphatic rings. The third kappa shape index (κ3) is 6.25. The van der Waals surface area contributed by atoms with E-state index in [2.05, 4.69) is 64.9 Å². The number of carbonyl (C=O) groups excluding carboxylic acids is 2.